The van der Waals surface area contributed by atoms with E-state index in [0.717, 1.165) is 10.6 Å². The molecule has 0 spiro atoms. The number of hydrogen-bond acceptors (Lipinski definition) is 4. The fraction of sp³-hybridized carbons (Fsp3) is 0.286. The molecule has 0 radical (unpaired) electrons. The lowest BCUT2D eigenvalue weighted by Crippen LogP contribution is -2.26. The Morgan fingerprint density at radius 2 is 2.11 bits per heavy atom. The molecule has 0 aliphatic heterocycles. The zero-order valence-electron chi connectivity index (χ0n) is 11.2. The van der Waals surface area contributed by atoms with E-state index >= 15 is 0 Å². The van der Waals surface area contributed by atoms with Gasteiger partial charge in [-0.15, -0.1) is 11.3 Å². The van der Waals surface area contributed by atoms with Crippen molar-refractivity contribution in [2.24, 2.45) is 0 Å². The minimum Gasteiger partial charge on any atom is -0.387 e. The molecule has 2 rings (SSSR count). The minimum absolute atomic E-state index is 0.00280. The van der Waals surface area contributed by atoms with Gasteiger partial charge in [-0.3, -0.25) is 4.79 Å². The summed E-state index contributed by atoms with van der Waals surface area (Å²) in [6.07, 6.45) is 1.65. The van der Waals surface area contributed by atoms with Gasteiger partial charge in [0.15, 0.2) is 0 Å². The van der Waals surface area contributed by atoms with Crippen LogP contribution in [0.5, 0.6) is 0 Å². The Labute approximate surface area is 116 Å². The average Bonchev–Trinajstić information content (AvgIpc) is 2.85. The molecule has 100 valence electrons. The quantitative estimate of drug-likeness (QED) is 0.902. The second kappa shape index (κ2) is 5.84. The highest BCUT2D eigenvalue weighted by molar-refractivity contribution is 7.12. The van der Waals surface area contributed by atoms with Crippen LogP contribution in [-0.4, -0.2) is 17.9 Å². The van der Waals surface area contributed by atoms with Crippen LogP contribution in [0.2, 0.25) is 0 Å². The number of carbonyl (C=O) groups is 1. The number of aromatic nitrogens is 1. The summed E-state index contributed by atoms with van der Waals surface area (Å²) in [6.45, 7) is 4.03. The van der Waals surface area contributed by atoms with Crippen molar-refractivity contribution in [1.29, 1.82) is 0 Å². The number of thiophene rings is 1. The van der Waals surface area contributed by atoms with Gasteiger partial charge in [0.25, 0.3) is 5.91 Å². The smallest absolute Gasteiger partial charge is 0.270 e. The van der Waals surface area contributed by atoms with Gasteiger partial charge >= 0.3 is 0 Å². The van der Waals surface area contributed by atoms with Crippen molar-refractivity contribution < 1.29 is 4.79 Å². The average molecular weight is 275 g/mol. The van der Waals surface area contributed by atoms with Gasteiger partial charge in [0.1, 0.15) is 5.69 Å². The number of carbonyl (C=O) groups excluding carboxylic acids is 1. The van der Waals surface area contributed by atoms with Crippen molar-refractivity contribution in [3.63, 3.8) is 0 Å². The molecule has 1 atom stereocenters. The molecule has 1 amide bonds. The van der Waals surface area contributed by atoms with Crippen LogP contribution in [-0.2, 0) is 0 Å². The fourth-order valence-electron chi connectivity index (χ4n) is 1.70. The zero-order valence-corrected chi connectivity index (χ0v) is 12.0. The third-order valence-corrected chi connectivity index (χ3v) is 4.00. The van der Waals surface area contributed by atoms with Crippen LogP contribution in [0.4, 0.5) is 5.69 Å². The molecule has 19 heavy (non-hydrogen) atoms. The maximum absolute atomic E-state index is 12.0. The Hall–Kier alpha value is -1.88. The van der Waals surface area contributed by atoms with E-state index in [2.05, 4.69) is 28.6 Å². The molecule has 2 N–H and O–H groups in total. The van der Waals surface area contributed by atoms with Gasteiger partial charge in [0.05, 0.1) is 17.9 Å². The maximum atomic E-state index is 12.0. The van der Waals surface area contributed by atoms with E-state index in [9.17, 15) is 4.79 Å². The van der Waals surface area contributed by atoms with Gasteiger partial charge in [-0.05, 0) is 38.1 Å². The van der Waals surface area contributed by atoms with Gasteiger partial charge in [-0.25, -0.2) is 4.98 Å². The van der Waals surface area contributed by atoms with Crippen molar-refractivity contribution in [2.75, 3.05) is 12.4 Å². The standard InChI is InChI=1S/C14H17N3OS/c1-9-4-7-13(19-9)10(2)17-14(18)12-6-5-11(15-3)8-16-12/h4-8,10,15H,1-3H3,(H,17,18). The summed E-state index contributed by atoms with van der Waals surface area (Å²) in [5, 5.41) is 5.92. The molecule has 1 unspecified atom stereocenters. The van der Waals surface area contributed by atoms with E-state index in [4.69, 9.17) is 0 Å². The Morgan fingerprint density at radius 3 is 2.63 bits per heavy atom. The van der Waals surface area contributed by atoms with Crippen LogP contribution in [0.15, 0.2) is 30.5 Å². The summed E-state index contributed by atoms with van der Waals surface area (Å²) in [5.74, 6) is -0.152. The van der Waals surface area contributed by atoms with Crippen LogP contribution < -0.4 is 10.6 Å². The minimum atomic E-state index is -0.152. The molecule has 4 nitrogen and oxygen atoms in total. The summed E-state index contributed by atoms with van der Waals surface area (Å²) in [7, 11) is 1.82. The molecular weight excluding hydrogens is 258 g/mol. The maximum Gasteiger partial charge on any atom is 0.270 e. The van der Waals surface area contributed by atoms with Gasteiger partial charge in [0.2, 0.25) is 0 Å². The van der Waals surface area contributed by atoms with Crippen LogP contribution in [0.1, 0.15) is 33.2 Å². The SMILES string of the molecule is CNc1ccc(C(=O)NC(C)c2ccc(C)s2)nc1. The molecule has 0 fully saturated rings. The normalized spacial score (nSPS) is 11.9. The third kappa shape index (κ3) is 3.32. The highest BCUT2D eigenvalue weighted by Gasteiger charge is 2.13. The van der Waals surface area contributed by atoms with Gasteiger partial charge < -0.3 is 10.6 Å². The van der Waals surface area contributed by atoms with Crippen LogP contribution >= 0.6 is 11.3 Å². The molecule has 0 aliphatic rings. The number of aryl methyl sites for hydroxylation is 1. The highest BCUT2D eigenvalue weighted by Crippen LogP contribution is 2.22. The Bertz CT molecular complexity index is 562. The lowest BCUT2D eigenvalue weighted by atomic mass is 10.2. The third-order valence-electron chi connectivity index (χ3n) is 2.82. The van der Waals surface area contributed by atoms with Crippen LogP contribution in [0, 0.1) is 6.92 Å². The number of nitrogens with zero attached hydrogens (tertiary/aromatic N) is 1. The zero-order chi connectivity index (χ0) is 13.8. The Balaban J connectivity index is 2.03. The van der Waals surface area contributed by atoms with Gasteiger partial charge in [-0.1, -0.05) is 0 Å². The molecule has 2 aromatic rings. The van der Waals surface area contributed by atoms with Crippen LogP contribution in [0.25, 0.3) is 0 Å². The molecule has 5 heteroatoms. The molecule has 0 aromatic carbocycles. The number of hydrogen-bond donors (Lipinski definition) is 2. The molecule has 0 saturated heterocycles. The summed E-state index contributed by atoms with van der Waals surface area (Å²) in [4.78, 5) is 18.6. The number of pyridine rings is 1. The molecule has 0 saturated carbocycles. The van der Waals surface area contributed by atoms with E-state index in [0.29, 0.717) is 5.69 Å². The number of amides is 1. The molecular formula is C14H17N3OS. The number of rotatable bonds is 4. The lowest BCUT2D eigenvalue weighted by Gasteiger charge is -2.12. The van der Waals surface area contributed by atoms with Gasteiger partial charge in [0, 0.05) is 16.8 Å². The Kier molecular flexibility index (Phi) is 4.16. The summed E-state index contributed by atoms with van der Waals surface area (Å²) >= 11 is 1.69. The number of nitrogens with one attached hydrogen (secondary N) is 2. The van der Waals surface area contributed by atoms with Crippen LogP contribution in [0.3, 0.4) is 0 Å². The van der Waals surface area contributed by atoms with E-state index in [1.54, 1.807) is 23.6 Å². The predicted molar refractivity (Wildman–Crippen MR) is 78.7 cm³/mol. The fourth-order valence-corrected chi connectivity index (χ4v) is 2.58. The first kappa shape index (κ1) is 13.5. The van der Waals surface area contributed by atoms with Crippen molar-refractivity contribution in [2.45, 2.75) is 19.9 Å². The molecule has 0 bridgehead atoms. The van der Waals surface area contributed by atoms with E-state index < -0.39 is 0 Å². The van der Waals surface area contributed by atoms with Crippen molar-refractivity contribution in [1.82, 2.24) is 10.3 Å². The van der Waals surface area contributed by atoms with Crippen molar-refractivity contribution in [3.05, 3.63) is 45.9 Å². The summed E-state index contributed by atoms with van der Waals surface area (Å²) in [5.41, 5.74) is 1.32. The lowest BCUT2D eigenvalue weighted by molar-refractivity contribution is 0.0935. The van der Waals surface area contributed by atoms with E-state index in [-0.39, 0.29) is 11.9 Å². The van der Waals surface area contributed by atoms with E-state index in [1.165, 1.54) is 4.88 Å². The van der Waals surface area contributed by atoms with Gasteiger partial charge in [-0.2, -0.15) is 0 Å². The summed E-state index contributed by atoms with van der Waals surface area (Å²) in [6, 6.07) is 7.65. The molecule has 0 aliphatic carbocycles. The topological polar surface area (TPSA) is 54.0 Å². The highest BCUT2D eigenvalue weighted by atomic mass is 32.1. The van der Waals surface area contributed by atoms with Crippen molar-refractivity contribution in [3.8, 4) is 0 Å². The first-order chi connectivity index (χ1) is 9.10. The van der Waals surface area contributed by atoms with Crippen molar-refractivity contribution >= 4 is 22.9 Å². The monoisotopic (exact) mass is 275 g/mol. The summed E-state index contributed by atoms with van der Waals surface area (Å²) < 4.78 is 0. The second-order valence-corrected chi connectivity index (χ2v) is 5.65. The predicted octanol–water partition coefficient (Wildman–Crippen LogP) is 2.98. The largest absolute Gasteiger partial charge is 0.387 e. The molecule has 2 aromatic heterocycles. The van der Waals surface area contributed by atoms with E-state index in [1.807, 2.05) is 26.1 Å². The first-order valence-electron chi connectivity index (χ1n) is 6.11. The molecule has 2 heterocycles. The first-order valence-corrected chi connectivity index (χ1v) is 6.93. The second-order valence-electron chi connectivity index (χ2n) is 4.33. The number of anilines is 1. The Morgan fingerprint density at radius 1 is 1.32 bits per heavy atom.